The summed E-state index contributed by atoms with van der Waals surface area (Å²) in [4.78, 5) is 11.5. The summed E-state index contributed by atoms with van der Waals surface area (Å²) in [5, 5.41) is 0. The van der Waals surface area contributed by atoms with E-state index in [0.717, 1.165) is 6.42 Å². The minimum atomic E-state index is 0.0477. The van der Waals surface area contributed by atoms with Gasteiger partial charge in [-0.15, -0.1) is 0 Å². The average molecular weight is 174 g/mol. The highest BCUT2D eigenvalue weighted by Gasteiger charge is 2.11. The Morgan fingerprint density at radius 1 is 1.38 bits per heavy atom. The van der Waals surface area contributed by atoms with Crippen LogP contribution in [0.3, 0.4) is 0 Å². The Bertz CT molecular complexity index is 279. The van der Waals surface area contributed by atoms with Gasteiger partial charge in [0.1, 0.15) is 0 Å². The summed E-state index contributed by atoms with van der Waals surface area (Å²) in [7, 11) is 0. The third-order valence-electron chi connectivity index (χ3n) is 1.91. The monoisotopic (exact) mass is 174 g/mol. The molecule has 0 aliphatic heterocycles. The van der Waals surface area contributed by atoms with E-state index in [4.69, 9.17) is 0 Å². The minimum absolute atomic E-state index is 0.0477. The summed E-state index contributed by atoms with van der Waals surface area (Å²) in [6, 6.07) is 0. The largest absolute Gasteiger partial charge is 0.294 e. The van der Waals surface area contributed by atoms with Gasteiger partial charge in [-0.1, -0.05) is 42.5 Å². The summed E-state index contributed by atoms with van der Waals surface area (Å²) in [5.74, 6) is 0.227. The second-order valence-electron chi connectivity index (χ2n) is 2.94. The van der Waals surface area contributed by atoms with E-state index in [1.54, 1.807) is 12.2 Å². The van der Waals surface area contributed by atoms with Crippen molar-refractivity contribution in [2.24, 2.45) is 5.92 Å². The van der Waals surface area contributed by atoms with Crippen molar-refractivity contribution in [2.75, 3.05) is 0 Å². The number of hydrogen-bond donors (Lipinski definition) is 0. The zero-order chi connectivity index (χ0) is 9.52. The van der Waals surface area contributed by atoms with Crippen LogP contribution in [-0.2, 0) is 4.79 Å². The van der Waals surface area contributed by atoms with E-state index in [2.05, 4.69) is 0 Å². The summed E-state index contributed by atoms with van der Waals surface area (Å²) in [6.45, 7) is 1.93. The van der Waals surface area contributed by atoms with Gasteiger partial charge < -0.3 is 0 Å². The topological polar surface area (TPSA) is 17.1 Å². The van der Waals surface area contributed by atoms with Crippen LogP contribution in [0.5, 0.6) is 0 Å². The maximum atomic E-state index is 11.5. The van der Waals surface area contributed by atoms with Crippen molar-refractivity contribution < 1.29 is 4.79 Å². The fourth-order valence-electron chi connectivity index (χ4n) is 1.18. The van der Waals surface area contributed by atoms with Crippen molar-refractivity contribution in [3.63, 3.8) is 0 Å². The summed E-state index contributed by atoms with van der Waals surface area (Å²) in [6.07, 6.45) is 15.9. The van der Waals surface area contributed by atoms with Crippen LogP contribution in [0, 0.1) is 5.92 Å². The fraction of sp³-hybridized carbons (Fsp3) is 0.250. The van der Waals surface area contributed by atoms with Crippen LogP contribution in [0.4, 0.5) is 0 Å². The van der Waals surface area contributed by atoms with E-state index in [0.29, 0.717) is 0 Å². The first-order chi connectivity index (χ1) is 6.34. The van der Waals surface area contributed by atoms with Gasteiger partial charge in [0, 0.05) is 5.92 Å². The standard InChI is InChI=1S/C12H14O/c1-2-3-5-10-12(13)11-8-6-4-7-9-11/h2-8,10-11H,9H2,1H3/b3-2+,10-5+. The molecule has 1 nitrogen and oxygen atoms in total. The molecule has 0 aromatic rings. The van der Waals surface area contributed by atoms with Crippen molar-refractivity contribution >= 4 is 5.78 Å². The van der Waals surface area contributed by atoms with Crippen LogP contribution in [0.1, 0.15) is 13.3 Å². The predicted octanol–water partition coefficient (Wildman–Crippen LogP) is 2.82. The molecular formula is C12H14O. The van der Waals surface area contributed by atoms with Crippen molar-refractivity contribution in [3.8, 4) is 0 Å². The van der Waals surface area contributed by atoms with E-state index in [1.807, 2.05) is 43.4 Å². The molecule has 1 aliphatic rings. The summed E-state index contributed by atoms with van der Waals surface area (Å²) in [5.41, 5.74) is 0. The first-order valence-electron chi connectivity index (χ1n) is 4.51. The van der Waals surface area contributed by atoms with Crippen LogP contribution in [-0.4, -0.2) is 5.78 Å². The Balaban J connectivity index is 2.48. The number of carbonyl (C=O) groups excluding carboxylic acids is 1. The highest BCUT2D eigenvalue weighted by atomic mass is 16.1. The number of carbonyl (C=O) groups is 1. The Morgan fingerprint density at radius 3 is 2.85 bits per heavy atom. The Hall–Kier alpha value is -1.37. The molecule has 1 atom stereocenters. The molecule has 13 heavy (non-hydrogen) atoms. The summed E-state index contributed by atoms with van der Waals surface area (Å²) >= 11 is 0. The predicted molar refractivity (Wildman–Crippen MR) is 55.3 cm³/mol. The third kappa shape index (κ3) is 3.24. The van der Waals surface area contributed by atoms with E-state index < -0.39 is 0 Å². The Labute approximate surface area is 79.2 Å². The lowest BCUT2D eigenvalue weighted by Crippen LogP contribution is -2.09. The molecule has 0 aromatic carbocycles. The minimum Gasteiger partial charge on any atom is -0.294 e. The van der Waals surface area contributed by atoms with Gasteiger partial charge in [0.15, 0.2) is 5.78 Å². The number of ketones is 1. The first-order valence-corrected chi connectivity index (χ1v) is 4.51. The second kappa shape index (κ2) is 5.31. The molecule has 0 spiro atoms. The molecular weight excluding hydrogens is 160 g/mol. The second-order valence-corrected chi connectivity index (χ2v) is 2.94. The maximum Gasteiger partial charge on any atom is 0.162 e. The molecule has 1 heteroatoms. The molecule has 0 bridgehead atoms. The molecule has 0 radical (unpaired) electrons. The van der Waals surface area contributed by atoms with Gasteiger partial charge in [-0.3, -0.25) is 4.79 Å². The molecule has 0 amide bonds. The Kier molecular flexibility index (Phi) is 3.97. The zero-order valence-electron chi connectivity index (χ0n) is 7.81. The van der Waals surface area contributed by atoms with Gasteiger partial charge >= 0.3 is 0 Å². The van der Waals surface area contributed by atoms with E-state index in [9.17, 15) is 4.79 Å². The van der Waals surface area contributed by atoms with Crippen LogP contribution < -0.4 is 0 Å². The molecule has 0 saturated heterocycles. The fourth-order valence-corrected chi connectivity index (χ4v) is 1.18. The maximum absolute atomic E-state index is 11.5. The van der Waals surface area contributed by atoms with E-state index in [-0.39, 0.29) is 11.7 Å². The lowest BCUT2D eigenvalue weighted by molar-refractivity contribution is -0.116. The van der Waals surface area contributed by atoms with Crippen LogP contribution in [0.25, 0.3) is 0 Å². The van der Waals surface area contributed by atoms with Gasteiger partial charge in [-0.25, -0.2) is 0 Å². The lowest BCUT2D eigenvalue weighted by Gasteiger charge is -2.07. The van der Waals surface area contributed by atoms with E-state index in [1.165, 1.54) is 0 Å². The molecule has 1 rings (SSSR count). The highest BCUT2D eigenvalue weighted by Crippen LogP contribution is 2.12. The van der Waals surface area contributed by atoms with Crippen LogP contribution in [0.2, 0.25) is 0 Å². The van der Waals surface area contributed by atoms with Gasteiger partial charge in [0.05, 0.1) is 0 Å². The average Bonchev–Trinajstić information content (AvgIpc) is 2.19. The van der Waals surface area contributed by atoms with Crippen LogP contribution >= 0.6 is 0 Å². The number of allylic oxidation sites excluding steroid dienone is 8. The van der Waals surface area contributed by atoms with Gasteiger partial charge in [-0.05, 0) is 19.4 Å². The van der Waals surface area contributed by atoms with E-state index >= 15 is 0 Å². The molecule has 0 saturated carbocycles. The molecule has 1 unspecified atom stereocenters. The van der Waals surface area contributed by atoms with Crippen molar-refractivity contribution in [3.05, 3.63) is 48.6 Å². The van der Waals surface area contributed by atoms with Crippen LogP contribution in [0.15, 0.2) is 48.6 Å². The Morgan fingerprint density at radius 2 is 2.23 bits per heavy atom. The smallest absolute Gasteiger partial charge is 0.162 e. The quantitative estimate of drug-likeness (QED) is 0.475. The molecule has 0 N–H and O–H groups in total. The number of rotatable bonds is 3. The van der Waals surface area contributed by atoms with Gasteiger partial charge in [-0.2, -0.15) is 0 Å². The van der Waals surface area contributed by atoms with Crippen molar-refractivity contribution in [1.82, 2.24) is 0 Å². The van der Waals surface area contributed by atoms with Gasteiger partial charge in [0.2, 0.25) is 0 Å². The van der Waals surface area contributed by atoms with Gasteiger partial charge in [0.25, 0.3) is 0 Å². The summed E-state index contributed by atoms with van der Waals surface area (Å²) < 4.78 is 0. The third-order valence-corrected chi connectivity index (χ3v) is 1.91. The number of hydrogen-bond acceptors (Lipinski definition) is 1. The molecule has 0 heterocycles. The molecule has 1 aliphatic carbocycles. The lowest BCUT2D eigenvalue weighted by atomic mass is 9.96. The highest BCUT2D eigenvalue weighted by molar-refractivity contribution is 5.93. The first kappa shape index (κ1) is 9.72. The normalized spacial score (nSPS) is 21.8. The van der Waals surface area contributed by atoms with Crippen molar-refractivity contribution in [1.29, 1.82) is 0 Å². The SMILES string of the molecule is C/C=C/C=C/C(=O)C1C=CC=CC1. The molecule has 68 valence electrons. The zero-order valence-corrected chi connectivity index (χ0v) is 7.81. The molecule has 0 fully saturated rings. The van der Waals surface area contributed by atoms with Crippen molar-refractivity contribution in [2.45, 2.75) is 13.3 Å². The molecule has 0 aromatic heterocycles.